The lowest BCUT2D eigenvalue weighted by molar-refractivity contribution is -0.119. The van der Waals surface area contributed by atoms with Crippen LogP contribution >= 0.6 is 0 Å². The summed E-state index contributed by atoms with van der Waals surface area (Å²) < 4.78 is 41.4. The molecular weight excluding hydrogens is 501 g/mol. The topological polar surface area (TPSA) is 78.8 Å². The van der Waals surface area contributed by atoms with Gasteiger partial charge >= 0.3 is 0 Å². The molecule has 8 heteroatoms. The number of halogens is 1. The highest BCUT2D eigenvalue weighted by Crippen LogP contribution is 2.27. The van der Waals surface area contributed by atoms with Gasteiger partial charge in [-0.05, 0) is 70.9 Å². The molecule has 1 amide bonds. The molecule has 5 aromatic rings. The van der Waals surface area contributed by atoms with Crippen LogP contribution in [0.15, 0.2) is 113 Å². The first kappa shape index (κ1) is 25.1. The van der Waals surface area contributed by atoms with Gasteiger partial charge in [-0.1, -0.05) is 66.2 Å². The van der Waals surface area contributed by atoms with Gasteiger partial charge in [0.15, 0.2) is 0 Å². The summed E-state index contributed by atoms with van der Waals surface area (Å²) in [4.78, 5) is 13.0. The number of rotatable bonds is 7. The monoisotopic (exact) mass is 525 g/mol. The molecule has 0 radical (unpaired) electrons. The lowest BCUT2D eigenvalue weighted by Crippen LogP contribution is -2.39. The lowest BCUT2D eigenvalue weighted by atomic mass is 9.97. The molecule has 0 aliphatic heterocycles. The summed E-state index contributed by atoms with van der Waals surface area (Å²) >= 11 is 0. The zero-order chi connectivity index (χ0) is 26.7. The molecule has 0 unspecified atom stereocenters. The molecule has 0 fully saturated rings. The zero-order valence-corrected chi connectivity index (χ0v) is 21.3. The standard InChI is InChI=1S/C30H24FN3O3S/c1-21-10-16-26(17-11-21)38(36,37)34(25-14-12-24(31)13-15-25)20-30(35)33-32-19-29-27-8-4-2-6-22(27)18-23-7-3-5-9-28(23)29/h2-19H,20H2,1H3,(H,33,35)/b32-19+. The van der Waals surface area contributed by atoms with Crippen molar-refractivity contribution in [2.45, 2.75) is 11.8 Å². The van der Waals surface area contributed by atoms with Crippen LogP contribution in [0.25, 0.3) is 21.5 Å². The average Bonchev–Trinajstić information content (AvgIpc) is 2.92. The highest BCUT2D eigenvalue weighted by atomic mass is 32.2. The van der Waals surface area contributed by atoms with Crippen LogP contribution < -0.4 is 9.73 Å². The average molecular weight is 526 g/mol. The van der Waals surface area contributed by atoms with Crippen molar-refractivity contribution >= 4 is 49.4 Å². The number of carbonyl (C=O) groups excluding carboxylic acids is 1. The number of hydrogen-bond donors (Lipinski definition) is 1. The Kier molecular flexibility index (Phi) is 6.89. The molecule has 0 atom stereocenters. The van der Waals surface area contributed by atoms with Crippen LogP contribution in [0, 0.1) is 12.7 Å². The highest BCUT2D eigenvalue weighted by molar-refractivity contribution is 7.92. The van der Waals surface area contributed by atoms with Gasteiger partial charge in [-0.15, -0.1) is 0 Å². The Labute approximate surface area is 220 Å². The molecule has 0 aliphatic carbocycles. The van der Waals surface area contributed by atoms with E-state index in [-0.39, 0.29) is 10.6 Å². The second-order valence-electron chi connectivity index (χ2n) is 8.83. The van der Waals surface area contributed by atoms with E-state index < -0.39 is 28.3 Å². The Balaban J connectivity index is 1.44. The van der Waals surface area contributed by atoms with E-state index in [1.165, 1.54) is 24.3 Å². The maximum atomic E-state index is 13.6. The fraction of sp³-hybridized carbons (Fsp3) is 0.0667. The molecule has 190 valence electrons. The summed E-state index contributed by atoms with van der Waals surface area (Å²) in [5.41, 5.74) is 4.34. The van der Waals surface area contributed by atoms with Gasteiger partial charge in [0.05, 0.1) is 16.8 Å². The van der Waals surface area contributed by atoms with Gasteiger partial charge in [-0.25, -0.2) is 18.2 Å². The van der Waals surface area contributed by atoms with E-state index in [0.29, 0.717) is 0 Å². The number of carbonyl (C=O) groups is 1. The number of nitrogens with one attached hydrogen (secondary N) is 1. The molecule has 1 N–H and O–H groups in total. The number of fused-ring (bicyclic) bond motifs is 2. The van der Waals surface area contributed by atoms with Crippen molar-refractivity contribution in [3.05, 3.63) is 120 Å². The Morgan fingerprint density at radius 1 is 0.868 bits per heavy atom. The number of benzene rings is 5. The molecule has 0 aliphatic rings. The van der Waals surface area contributed by atoms with Crippen LogP contribution in [0.4, 0.5) is 10.1 Å². The van der Waals surface area contributed by atoms with Gasteiger partial charge in [-0.3, -0.25) is 9.10 Å². The molecule has 0 saturated heterocycles. The van der Waals surface area contributed by atoms with E-state index in [0.717, 1.165) is 49.1 Å². The van der Waals surface area contributed by atoms with Crippen molar-refractivity contribution in [1.29, 1.82) is 0 Å². The smallest absolute Gasteiger partial charge is 0.264 e. The summed E-state index contributed by atoms with van der Waals surface area (Å²) in [6.07, 6.45) is 1.57. The number of aryl methyl sites for hydroxylation is 1. The van der Waals surface area contributed by atoms with Crippen molar-refractivity contribution in [3.63, 3.8) is 0 Å². The third kappa shape index (κ3) is 5.12. The van der Waals surface area contributed by atoms with E-state index >= 15 is 0 Å². The fourth-order valence-electron chi connectivity index (χ4n) is 4.28. The van der Waals surface area contributed by atoms with Crippen molar-refractivity contribution in [3.8, 4) is 0 Å². The first-order chi connectivity index (χ1) is 18.3. The predicted octanol–water partition coefficient (Wildman–Crippen LogP) is 5.79. The number of amides is 1. The van der Waals surface area contributed by atoms with Gasteiger partial charge in [-0.2, -0.15) is 5.10 Å². The van der Waals surface area contributed by atoms with Crippen molar-refractivity contribution in [2.24, 2.45) is 5.10 Å². The van der Waals surface area contributed by atoms with E-state index in [1.54, 1.807) is 18.3 Å². The quantitative estimate of drug-likeness (QED) is 0.166. The second kappa shape index (κ2) is 10.4. The minimum atomic E-state index is -4.12. The Morgan fingerprint density at radius 3 is 2.05 bits per heavy atom. The molecule has 0 bridgehead atoms. The van der Waals surface area contributed by atoms with Gasteiger partial charge in [0.1, 0.15) is 12.4 Å². The van der Waals surface area contributed by atoms with Gasteiger partial charge < -0.3 is 0 Å². The molecule has 6 nitrogen and oxygen atoms in total. The highest BCUT2D eigenvalue weighted by Gasteiger charge is 2.27. The number of sulfonamides is 1. The largest absolute Gasteiger partial charge is 0.271 e. The maximum absolute atomic E-state index is 13.6. The van der Waals surface area contributed by atoms with Gasteiger partial charge in [0.25, 0.3) is 15.9 Å². The first-order valence-corrected chi connectivity index (χ1v) is 13.3. The van der Waals surface area contributed by atoms with Gasteiger partial charge in [0.2, 0.25) is 0 Å². The molecule has 0 spiro atoms. The summed E-state index contributed by atoms with van der Waals surface area (Å²) in [6.45, 7) is 1.30. The van der Waals surface area contributed by atoms with Crippen molar-refractivity contribution < 1.29 is 17.6 Å². The van der Waals surface area contributed by atoms with Crippen LogP contribution in [0.3, 0.4) is 0 Å². The zero-order valence-electron chi connectivity index (χ0n) is 20.5. The van der Waals surface area contributed by atoms with E-state index in [2.05, 4.69) is 16.6 Å². The summed E-state index contributed by atoms with van der Waals surface area (Å²) in [7, 11) is -4.12. The van der Waals surface area contributed by atoms with E-state index in [4.69, 9.17) is 0 Å². The van der Waals surface area contributed by atoms with Crippen LogP contribution in [0.1, 0.15) is 11.1 Å². The summed E-state index contributed by atoms with van der Waals surface area (Å²) in [5, 5.41) is 8.17. The number of nitrogens with zero attached hydrogens (tertiary/aromatic N) is 2. The Morgan fingerprint density at radius 2 is 1.45 bits per heavy atom. The summed E-state index contributed by atoms with van der Waals surface area (Å²) in [6, 6.07) is 29.1. The fourth-order valence-corrected chi connectivity index (χ4v) is 5.70. The minimum absolute atomic E-state index is 0.0194. The number of hydrazone groups is 1. The van der Waals surface area contributed by atoms with Crippen LogP contribution in [-0.2, 0) is 14.8 Å². The van der Waals surface area contributed by atoms with E-state index in [9.17, 15) is 17.6 Å². The molecule has 0 aromatic heterocycles. The molecule has 0 saturated carbocycles. The second-order valence-corrected chi connectivity index (χ2v) is 10.7. The Bertz CT molecular complexity index is 1710. The first-order valence-electron chi connectivity index (χ1n) is 11.9. The molecule has 5 aromatic carbocycles. The van der Waals surface area contributed by atoms with Crippen molar-refractivity contribution in [2.75, 3.05) is 10.8 Å². The number of hydrogen-bond acceptors (Lipinski definition) is 4. The Hall–Kier alpha value is -4.56. The molecule has 0 heterocycles. The van der Waals surface area contributed by atoms with Crippen molar-refractivity contribution in [1.82, 2.24) is 5.43 Å². The normalized spacial score (nSPS) is 11.7. The van der Waals surface area contributed by atoms with Crippen LogP contribution in [0.2, 0.25) is 0 Å². The predicted molar refractivity (Wildman–Crippen MR) is 149 cm³/mol. The maximum Gasteiger partial charge on any atom is 0.264 e. The van der Waals surface area contributed by atoms with Gasteiger partial charge in [0, 0.05) is 5.56 Å². The third-order valence-corrected chi connectivity index (χ3v) is 7.99. The summed E-state index contributed by atoms with van der Waals surface area (Å²) in [5.74, 6) is -1.16. The SMILES string of the molecule is Cc1ccc(S(=O)(=O)N(CC(=O)N/N=C/c2c3ccccc3cc3ccccc23)c2ccc(F)cc2)cc1. The van der Waals surface area contributed by atoms with Crippen LogP contribution in [-0.4, -0.2) is 27.1 Å². The van der Waals surface area contributed by atoms with Crippen LogP contribution in [0.5, 0.6) is 0 Å². The number of anilines is 1. The molecule has 38 heavy (non-hydrogen) atoms. The minimum Gasteiger partial charge on any atom is -0.271 e. The molecular formula is C30H24FN3O3S. The van der Waals surface area contributed by atoms with E-state index in [1.807, 2.05) is 55.5 Å². The molecule has 5 rings (SSSR count). The third-order valence-electron chi connectivity index (χ3n) is 6.21. The lowest BCUT2D eigenvalue weighted by Gasteiger charge is -2.23.